The van der Waals surface area contributed by atoms with Crippen LogP contribution >= 0.6 is 19.8 Å². The minimum atomic E-state index is -2.79. The summed E-state index contributed by atoms with van der Waals surface area (Å²) in [7, 11) is -2.79. The van der Waals surface area contributed by atoms with Gasteiger partial charge in [0.2, 0.25) is 0 Å². The fourth-order valence-electron chi connectivity index (χ4n) is 3.88. The molecule has 0 rings (SSSR count). The molecular formula is C27H54O6PS+. The molecule has 0 aromatic carbocycles. The zero-order chi connectivity index (χ0) is 26.4. The molecule has 208 valence electrons. The minimum absolute atomic E-state index is 0.134. The zero-order valence-corrected chi connectivity index (χ0v) is 24.7. The third kappa shape index (κ3) is 17.0. The molecule has 6 nitrogen and oxygen atoms in total. The van der Waals surface area contributed by atoms with E-state index in [2.05, 4.69) is 13.8 Å². The topological polar surface area (TPSA) is 93.1 Å². The smallest absolute Gasteiger partial charge is 0.476 e. The van der Waals surface area contributed by atoms with Crippen molar-refractivity contribution in [2.24, 2.45) is 0 Å². The lowest BCUT2D eigenvalue weighted by atomic mass is 10.1. The molecule has 4 unspecified atom stereocenters. The summed E-state index contributed by atoms with van der Waals surface area (Å²) in [4.78, 5) is 11.6. The van der Waals surface area contributed by atoms with Gasteiger partial charge in [0.25, 0.3) is 0 Å². The Hall–Kier alpha value is -0.200. The second-order valence-corrected chi connectivity index (χ2v) is 12.5. The quantitative estimate of drug-likeness (QED) is 0.0846. The number of rotatable bonds is 26. The summed E-state index contributed by atoms with van der Waals surface area (Å²) in [6.45, 7) is 7.80. The summed E-state index contributed by atoms with van der Waals surface area (Å²) in [5, 5.41) is 17.7. The van der Waals surface area contributed by atoms with Crippen molar-refractivity contribution < 1.29 is 28.8 Å². The van der Waals surface area contributed by atoms with Crippen LogP contribution in [0.15, 0.2) is 0 Å². The maximum Gasteiger partial charge on any atom is 0.558 e. The molecule has 0 aliphatic rings. The Morgan fingerprint density at radius 3 is 1.89 bits per heavy atom. The molecule has 0 saturated carbocycles. The van der Waals surface area contributed by atoms with Crippen LogP contribution in [0.25, 0.3) is 0 Å². The average molecular weight is 538 g/mol. The largest absolute Gasteiger partial charge is 0.558 e. The fourth-order valence-corrected chi connectivity index (χ4v) is 6.13. The Bertz CT molecular complexity index is 536. The number of aliphatic hydroxyl groups is 1. The molecule has 0 fully saturated rings. The maximum absolute atomic E-state index is 12.3. The van der Waals surface area contributed by atoms with E-state index in [-0.39, 0.29) is 18.0 Å². The molecule has 2 N–H and O–H groups in total. The predicted octanol–water partition coefficient (Wildman–Crippen LogP) is 8.33. The molecule has 0 heterocycles. The van der Waals surface area contributed by atoms with Gasteiger partial charge in [0, 0.05) is 5.25 Å². The Balaban J connectivity index is 4.52. The van der Waals surface area contributed by atoms with Crippen molar-refractivity contribution in [3.05, 3.63) is 0 Å². The number of carboxylic acid groups (broad SMARTS) is 1. The number of thioether (sulfide) groups is 1. The van der Waals surface area contributed by atoms with Crippen LogP contribution in [0.2, 0.25) is 0 Å². The summed E-state index contributed by atoms with van der Waals surface area (Å²) in [5.41, 5.74) is 0. The van der Waals surface area contributed by atoms with Crippen LogP contribution < -0.4 is 0 Å². The van der Waals surface area contributed by atoms with Crippen molar-refractivity contribution in [2.75, 3.05) is 19.0 Å². The Morgan fingerprint density at radius 2 is 1.37 bits per heavy atom. The van der Waals surface area contributed by atoms with Crippen LogP contribution in [0.3, 0.4) is 0 Å². The highest BCUT2D eigenvalue weighted by Crippen LogP contribution is 2.39. The SMILES string of the molecule is CCCCCCCCCCCCSC(CCCCCC)C(C)OCC(O)(C(=O)O)[P+](=O)OCCC. The highest BCUT2D eigenvalue weighted by molar-refractivity contribution is 7.99. The number of carboxylic acids is 1. The van der Waals surface area contributed by atoms with Gasteiger partial charge in [-0.2, -0.15) is 11.8 Å². The second-order valence-electron chi connectivity index (χ2n) is 9.67. The third-order valence-corrected chi connectivity index (χ3v) is 9.21. The number of carbonyl (C=O) groups is 1. The van der Waals surface area contributed by atoms with E-state index in [4.69, 9.17) is 9.26 Å². The lowest BCUT2D eigenvalue weighted by molar-refractivity contribution is -0.156. The van der Waals surface area contributed by atoms with Crippen LogP contribution in [0.5, 0.6) is 0 Å². The van der Waals surface area contributed by atoms with E-state index in [0.29, 0.717) is 6.42 Å². The van der Waals surface area contributed by atoms with Crippen LogP contribution in [-0.4, -0.2) is 51.8 Å². The number of unbranched alkanes of at least 4 members (excludes halogenated alkanes) is 12. The molecule has 0 radical (unpaired) electrons. The first kappa shape index (κ1) is 34.8. The average Bonchev–Trinajstić information content (AvgIpc) is 2.85. The van der Waals surface area contributed by atoms with Gasteiger partial charge in [-0.15, -0.1) is 4.52 Å². The van der Waals surface area contributed by atoms with Crippen molar-refractivity contribution in [1.82, 2.24) is 0 Å². The lowest BCUT2D eigenvalue weighted by Gasteiger charge is -2.25. The number of hydrogen-bond acceptors (Lipinski definition) is 6. The van der Waals surface area contributed by atoms with Gasteiger partial charge in [0.1, 0.15) is 13.2 Å². The van der Waals surface area contributed by atoms with E-state index in [9.17, 15) is 19.6 Å². The number of aliphatic carboxylic acids is 1. The van der Waals surface area contributed by atoms with Crippen molar-refractivity contribution in [3.63, 3.8) is 0 Å². The van der Waals surface area contributed by atoms with Crippen molar-refractivity contribution in [1.29, 1.82) is 0 Å². The molecule has 0 aromatic heterocycles. The van der Waals surface area contributed by atoms with Gasteiger partial charge >= 0.3 is 19.3 Å². The maximum atomic E-state index is 12.3. The molecule has 35 heavy (non-hydrogen) atoms. The molecule has 0 amide bonds. The van der Waals surface area contributed by atoms with E-state index >= 15 is 0 Å². The highest BCUT2D eigenvalue weighted by Gasteiger charge is 2.58. The first-order valence-electron chi connectivity index (χ1n) is 14.1. The van der Waals surface area contributed by atoms with E-state index in [1.165, 1.54) is 83.5 Å². The first-order valence-corrected chi connectivity index (χ1v) is 16.3. The second kappa shape index (κ2) is 23.0. The summed E-state index contributed by atoms with van der Waals surface area (Å²) in [6, 6.07) is 0. The summed E-state index contributed by atoms with van der Waals surface area (Å²) in [6.07, 6.45) is 19.1. The van der Waals surface area contributed by atoms with Crippen molar-refractivity contribution in [2.45, 2.75) is 147 Å². The normalized spacial score (nSPS) is 15.5. The van der Waals surface area contributed by atoms with Crippen LogP contribution in [-0.2, 0) is 18.6 Å². The summed E-state index contributed by atoms with van der Waals surface area (Å²) >= 11 is 1.89. The molecule has 0 bridgehead atoms. The predicted molar refractivity (Wildman–Crippen MR) is 149 cm³/mol. The van der Waals surface area contributed by atoms with Gasteiger partial charge in [-0.3, -0.25) is 0 Å². The molecule has 0 aliphatic heterocycles. The third-order valence-electron chi connectivity index (χ3n) is 6.30. The van der Waals surface area contributed by atoms with Gasteiger partial charge in [0.15, 0.2) is 0 Å². The first-order chi connectivity index (χ1) is 16.8. The van der Waals surface area contributed by atoms with Crippen LogP contribution in [0.1, 0.15) is 130 Å². The molecule has 0 saturated heterocycles. The van der Waals surface area contributed by atoms with Crippen molar-refractivity contribution in [3.8, 4) is 0 Å². The summed E-state index contributed by atoms with van der Waals surface area (Å²) in [5.74, 6) is -0.515. The van der Waals surface area contributed by atoms with E-state index in [0.717, 1.165) is 18.6 Å². The molecular weight excluding hydrogens is 483 g/mol. The molecule has 0 spiro atoms. The monoisotopic (exact) mass is 537 g/mol. The van der Waals surface area contributed by atoms with E-state index in [1.807, 2.05) is 25.6 Å². The molecule has 0 aromatic rings. The Kier molecular flexibility index (Phi) is 22.8. The van der Waals surface area contributed by atoms with Gasteiger partial charge in [-0.05, 0) is 36.5 Å². The van der Waals surface area contributed by atoms with Gasteiger partial charge in [-0.25, -0.2) is 4.79 Å². The lowest BCUT2D eigenvalue weighted by Crippen LogP contribution is -2.42. The molecule has 4 atom stereocenters. The number of hydrogen-bond donors (Lipinski definition) is 2. The zero-order valence-electron chi connectivity index (χ0n) is 23.0. The van der Waals surface area contributed by atoms with Gasteiger partial charge in [0.05, 0.1) is 6.10 Å². The highest BCUT2D eigenvalue weighted by atomic mass is 32.2. The Morgan fingerprint density at radius 1 is 0.857 bits per heavy atom. The van der Waals surface area contributed by atoms with Crippen LogP contribution in [0.4, 0.5) is 0 Å². The van der Waals surface area contributed by atoms with E-state index in [1.54, 1.807) is 0 Å². The van der Waals surface area contributed by atoms with Gasteiger partial charge < -0.3 is 14.9 Å². The standard InChI is InChI=1S/C27H53O6PS/c1-5-8-10-12-13-14-15-16-17-19-22-35-25(20-18-11-9-6-2)24(4)32-23-27(30,26(28)29)34(31)33-21-7-3/h24-25,30H,5-23H2,1-4H3/p+1. The molecule has 8 heteroatoms. The van der Waals surface area contributed by atoms with Crippen LogP contribution in [0, 0.1) is 0 Å². The number of ether oxygens (including phenoxy) is 1. The van der Waals surface area contributed by atoms with E-state index < -0.39 is 25.9 Å². The van der Waals surface area contributed by atoms with Crippen molar-refractivity contribution >= 4 is 25.8 Å². The molecule has 0 aliphatic carbocycles. The summed E-state index contributed by atoms with van der Waals surface area (Å²) < 4.78 is 23.1. The Labute approximate surface area is 220 Å². The van der Waals surface area contributed by atoms with Gasteiger partial charge in [-0.1, -0.05) is 104 Å². The fraction of sp³-hybridized carbons (Fsp3) is 0.963. The minimum Gasteiger partial charge on any atom is -0.476 e.